The van der Waals surface area contributed by atoms with E-state index >= 15 is 0 Å². The van der Waals surface area contributed by atoms with Crippen molar-refractivity contribution in [2.45, 2.75) is 34.8 Å². The van der Waals surface area contributed by atoms with Crippen molar-refractivity contribution >= 4 is 17.8 Å². The number of hydrogen-bond acceptors (Lipinski definition) is 2. The number of pyridine rings is 1. The monoisotopic (exact) mass is 493 g/mol. The minimum Gasteiger partial charge on any atom is -0.257 e. The molecule has 3 aromatic carbocycles. The highest BCUT2D eigenvalue weighted by Crippen LogP contribution is 2.64. The van der Waals surface area contributed by atoms with E-state index in [2.05, 4.69) is 121 Å². The van der Waals surface area contributed by atoms with Crippen LogP contribution in [0, 0.1) is 5.92 Å². The number of hydrogen-bond donors (Lipinski definition) is 0. The first-order chi connectivity index (χ1) is 18.2. The van der Waals surface area contributed by atoms with Crippen molar-refractivity contribution in [2.75, 3.05) is 0 Å². The molecule has 3 aliphatic carbocycles. The second kappa shape index (κ2) is 7.94. The summed E-state index contributed by atoms with van der Waals surface area (Å²) in [5, 5.41) is 0.406. The van der Waals surface area contributed by atoms with Gasteiger partial charge < -0.3 is 0 Å². The molecule has 0 fully saturated rings. The zero-order valence-corrected chi connectivity index (χ0v) is 21.6. The van der Waals surface area contributed by atoms with Gasteiger partial charge in [-0.1, -0.05) is 96.6 Å². The topological polar surface area (TPSA) is 12.9 Å². The zero-order valence-electron chi connectivity index (χ0n) is 20.8. The molecule has 0 N–H and O–H groups in total. The van der Waals surface area contributed by atoms with Crippen LogP contribution in [0.2, 0.25) is 0 Å². The van der Waals surface area contributed by atoms with Crippen LogP contribution in [0.15, 0.2) is 120 Å². The van der Waals surface area contributed by atoms with E-state index in [1.807, 2.05) is 18.0 Å². The number of nitrogens with zero attached hydrogens (tertiary/aromatic N) is 1. The molecule has 4 aliphatic rings. The van der Waals surface area contributed by atoms with E-state index in [1.165, 1.54) is 49.4 Å². The first-order valence-electron chi connectivity index (χ1n) is 13.2. The SMILES string of the molecule is CC1=CC2C(C=C1)Sc1ccc(C3CC=Cc4ncccc43)cc1C21c2ccccc2-c2ccccc21. The van der Waals surface area contributed by atoms with Crippen molar-refractivity contribution in [3.05, 3.63) is 148 Å². The van der Waals surface area contributed by atoms with Crippen molar-refractivity contribution in [3.63, 3.8) is 0 Å². The summed E-state index contributed by atoms with van der Waals surface area (Å²) >= 11 is 2.04. The standard InChI is InChI=1S/C35H27NS/c1-22-15-17-33-30(20-22)35(28-12-4-2-8-25(28)26-9-3-5-13-29(26)35)31-21-23(16-18-34(31)37-33)24-10-6-14-32-27(24)11-7-19-36-32/h2-9,11-21,24,30,33H,10H2,1H3. The maximum absolute atomic E-state index is 4.67. The third kappa shape index (κ3) is 2.91. The highest BCUT2D eigenvalue weighted by Gasteiger charge is 2.55. The first-order valence-corrected chi connectivity index (χ1v) is 14.1. The summed E-state index contributed by atoms with van der Waals surface area (Å²) in [6, 6.07) is 30.0. The summed E-state index contributed by atoms with van der Waals surface area (Å²) in [6.07, 6.45) is 14.7. The maximum Gasteiger partial charge on any atom is 0.0664 e. The molecule has 1 aliphatic heterocycles. The molecular formula is C35H27NS. The highest BCUT2D eigenvalue weighted by molar-refractivity contribution is 8.00. The Morgan fingerprint density at radius 3 is 2.43 bits per heavy atom. The number of aromatic nitrogens is 1. The van der Waals surface area contributed by atoms with Crippen LogP contribution in [0.3, 0.4) is 0 Å². The Hall–Kier alpha value is -3.62. The molecule has 178 valence electrons. The molecule has 1 spiro atoms. The molecule has 37 heavy (non-hydrogen) atoms. The van der Waals surface area contributed by atoms with E-state index in [0.717, 1.165) is 12.1 Å². The van der Waals surface area contributed by atoms with Gasteiger partial charge in [0.15, 0.2) is 0 Å². The summed E-state index contributed by atoms with van der Waals surface area (Å²) in [5.74, 6) is 0.685. The number of thioether (sulfide) groups is 1. The Kier molecular flexibility index (Phi) is 4.60. The van der Waals surface area contributed by atoms with Gasteiger partial charge in [0.1, 0.15) is 0 Å². The lowest BCUT2D eigenvalue weighted by atomic mass is 9.61. The van der Waals surface area contributed by atoms with E-state index in [9.17, 15) is 0 Å². The second-order valence-electron chi connectivity index (χ2n) is 10.7. The van der Waals surface area contributed by atoms with Gasteiger partial charge in [0.05, 0.1) is 11.1 Å². The third-order valence-corrected chi connectivity index (χ3v) is 10.2. The molecule has 0 radical (unpaired) electrons. The molecule has 3 unspecified atom stereocenters. The predicted octanol–water partition coefficient (Wildman–Crippen LogP) is 8.55. The fourth-order valence-electron chi connectivity index (χ4n) is 7.33. The molecule has 0 saturated carbocycles. The van der Waals surface area contributed by atoms with Crippen LogP contribution in [0.5, 0.6) is 0 Å². The van der Waals surface area contributed by atoms with Crippen LogP contribution in [-0.4, -0.2) is 10.2 Å². The van der Waals surface area contributed by atoms with E-state index in [1.54, 1.807) is 0 Å². The molecule has 8 rings (SSSR count). The smallest absolute Gasteiger partial charge is 0.0664 e. The minimum absolute atomic E-state index is 0.206. The summed E-state index contributed by atoms with van der Waals surface area (Å²) < 4.78 is 0. The maximum atomic E-state index is 4.67. The number of rotatable bonds is 1. The molecule has 0 amide bonds. The van der Waals surface area contributed by atoms with Gasteiger partial charge in [0, 0.05) is 28.2 Å². The molecule has 1 nitrogen and oxygen atoms in total. The third-order valence-electron chi connectivity index (χ3n) is 8.83. The highest BCUT2D eigenvalue weighted by atomic mass is 32.2. The summed E-state index contributed by atoms with van der Waals surface area (Å²) in [7, 11) is 0. The van der Waals surface area contributed by atoms with Crippen molar-refractivity contribution in [1.82, 2.24) is 4.98 Å². The van der Waals surface area contributed by atoms with Crippen molar-refractivity contribution < 1.29 is 0 Å². The Morgan fingerprint density at radius 2 is 1.62 bits per heavy atom. The quantitative estimate of drug-likeness (QED) is 0.263. The zero-order chi connectivity index (χ0) is 24.6. The molecule has 0 bridgehead atoms. The minimum atomic E-state index is -0.206. The van der Waals surface area contributed by atoms with Crippen molar-refractivity contribution in [1.29, 1.82) is 0 Å². The second-order valence-corrected chi connectivity index (χ2v) is 11.9. The Bertz CT molecular complexity index is 1630. The van der Waals surface area contributed by atoms with Gasteiger partial charge in [0.2, 0.25) is 0 Å². The number of allylic oxidation sites excluding steroid dienone is 4. The van der Waals surface area contributed by atoms with Crippen LogP contribution in [-0.2, 0) is 5.41 Å². The van der Waals surface area contributed by atoms with Crippen LogP contribution >= 0.6 is 11.8 Å². The largest absolute Gasteiger partial charge is 0.257 e. The first kappa shape index (κ1) is 21.5. The Balaban J connectivity index is 1.43. The molecule has 4 aromatic rings. The lowest BCUT2D eigenvalue weighted by molar-refractivity contribution is 0.446. The molecule has 3 atom stereocenters. The summed E-state index contributed by atoms with van der Waals surface area (Å²) in [5.41, 5.74) is 12.1. The average Bonchev–Trinajstić information content (AvgIpc) is 3.24. The molecule has 2 heteroatoms. The average molecular weight is 494 g/mol. The van der Waals surface area contributed by atoms with Gasteiger partial charge in [-0.15, -0.1) is 11.8 Å². The lowest BCUT2D eigenvalue weighted by Gasteiger charge is -2.48. The summed E-state index contributed by atoms with van der Waals surface area (Å²) in [6.45, 7) is 2.25. The van der Waals surface area contributed by atoms with Crippen molar-refractivity contribution in [3.8, 4) is 11.1 Å². The van der Waals surface area contributed by atoms with Crippen LogP contribution in [0.25, 0.3) is 17.2 Å². The van der Waals surface area contributed by atoms with E-state index < -0.39 is 0 Å². The van der Waals surface area contributed by atoms with Gasteiger partial charge >= 0.3 is 0 Å². The van der Waals surface area contributed by atoms with Gasteiger partial charge in [-0.25, -0.2) is 0 Å². The summed E-state index contributed by atoms with van der Waals surface area (Å²) in [4.78, 5) is 6.08. The molecular weight excluding hydrogens is 466 g/mol. The predicted molar refractivity (Wildman–Crippen MR) is 154 cm³/mol. The molecule has 0 saturated heterocycles. The van der Waals surface area contributed by atoms with Crippen LogP contribution in [0.1, 0.15) is 52.8 Å². The number of fused-ring (bicyclic) bond motifs is 10. The van der Waals surface area contributed by atoms with E-state index in [4.69, 9.17) is 0 Å². The molecule has 2 heterocycles. The van der Waals surface area contributed by atoms with Gasteiger partial charge in [0.25, 0.3) is 0 Å². The van der Waals surface area contributed by atoms with Gasteiger partial charge in [-0.3, -0.25) is 4.98 Å². The Labute approximate surface area is 222 Å². The lowest BCUT2D eigenvalue weighted by Crippen LogP contribution is -2.44. The number of benzene rings is 3. The normalized spacial score (nSPS) is 23.5. The van der Waals surface area contributed by atoms with Crippen LogP contribution < -0.4 is 0 Å². The Morgan fingerprint density at radius 1 is 0.838 bits per heavy atom. The van der Waals surface area contributed by atoms with Gasteiger partial charge in [-0.05, 0) is 70.5 Å². The van der Waals surface area contributed by atoms with Gasteiger partial charge in [-0.2, -0.15) is 0 Å². The van der Waals surface area contributed by atoms with Crippen LogP contribution in [0.4, 0.5) is 0 Å². The van der Waals surface area contributed by atoms with E-state index in [0.29, 0.717) is 17.1 Å². The van der Waals surface area contributed by atoms with Crippen molar-refractivity contribution in [2.24, 2.45) is 5.92 Å². The van der Waals surface area contributed by atoms with E-state index in [-0.39, 0.29) is 5.41 Å². The molecule has 1 aromatic heterocycles. The fourth-order valence-corrected chi connectivity index (χ4v) is 8.70. The fraction of sp³-hybridized carbons (Fsp3) is 0.171.